The highest BCUT2D eigenvalue weighted by atomic mass is 35.5. The van der Waals surface area contributed by atoms with Gasteiger partial charge in [-0.3, -0.25) is 0 Å². The molecule has 1 unspecified atom stereocenters. The SMILES string of the molecule is COc1ccc(C(C)NCc2cc(Cl)ccc2OC)cc1. The van der Waals surface area contributed by atoms with E-state index in [-0.39, 0.29) is 6.04 Å². The van der Waals surface area contributed by atoms with Crippen molar-refractivity contribution < 1.29 is 9.47 Å². The molecular formula is C17H20ClNO2. The summed E-state index contributed by atoms with van der Waals surface area (Å²) in [6, 6.07) is 13.9. The van der Waals surface area contributed by atoms with Crippen LogP contribution < -0.4 is 14.8 Å². The van der Waals surface area contributed by atoms with Crippen molar-refractivity contribution >= 4 is 11.6 Å². The molecule has 3 nitrogen and oxygen atoms in total. The third kappa shape index (κ3) is 4.13. The van der Waals surface area contributed by atoms with Crippen LogP contribution in [0.25, 0.3) is 0 Å². The number of methoxy groups -OCH3 is 2. The van der Waals surface area contributed by atoms with Crippen LogP contribution in [0.3, 0.4) is 0 Å². The zero-order valence-corrected chi connectivity index (χ0v) is 13.3. The molecule has 0 aliphatic carbocycles. The highest BCUT2D eigenvalue weighted by Crippen LogP contribution is 2.24. The highest BCUT2D eigenvalue weighted by Gasteiger charge is 2.08. The van der Waals surface area contributed by atoms with E-state index in [0.29, 0.717) is 11.6 Å². The first kappa shape index (κ1) is 15.7. The molecule has 0 aliphatic rings. The molecule has 0 aliphatic heterocycles. The largest absolute Gasteiger partial charge is 0.497 e. The predicted octanol–water partition coefficient (Wildman–Crippen LogP) is 4.21. The summed E-state index contributed by atoms with van der Waals surface area (Å²) in [7, 11) is 3.34. The van der Waals surface area contributed by atoms with E-state index in [9.17, 15) is 0 Å². The molecule has 0 saturated carbocycles. The third-order valence-electron chi connectivity index (χ3n) is 3.46. The van der Waals surface area contributed by atoms with Gasteiger partial charge >= 0.3 is 0 Å². The van der Waals surface area contributed by atoms with Crippen molar-refractivity contribution in [1.29, 1.82) is 0 Å². The van der Waals surface area contributed by atoms with Gasteiger partial charge in [-0.25, -0.2) is 0 Å². The fourth-order valence-electron chi connectivity index (χ4n) is 2.16. The summed E-state index contributed by atoms with van der Waals surface area (Å²) >= 11 is 6.04. The standard InChI is InChI=1S/C17H20ClNO2/c1-12(13-4-7-16(20-2)8-5-13)19-11-14-10-15(18)6-9-17(14)21-3/h4-10,12,19H,11H2,1-3H3. The summed E-state index contributed by atoms with van der Waals surface area (Å²) in [4.78, 5) is 0. The smallest absolute Gasteiger partial charge is 0.123 e. The molecule has 0 heterocycles. The molecule has 1 N–H and O–H groups in total. The lowest BCUT2D eigenvalue weighted by atomic mass is 10.1. The van der Waals surface area contributed by atoms with Crippen molar-refractivity contribution in [1.82, 2.24) is 5.32 Å². The van der Waals surface area contributed by atoms with E-state index >= 15 is 0 Å². The van der Waals surface area contributed by atoms with Gasteiger partial charge in [-0.2, -0.15) is 0 Å². The molecule has 0 bridgehead atoms. The van der Waals surface area contributed by atoms with Gasteiger partial charge in [-0.15, -0.1) is 0 Å². The van der Waals surface area contributed by atoms with Gasteiger partial charge in [-0.05, 0) is 42.8 Å². The fraction of sp³-hybridized carbons (Fsp3) is 0.294. The Hall–Kier alpha value is -1.71. The molecule has 2 aromatic carbocycles. The summed E-state index contributed by atoms with van der Waals surface area (Å²) in [5.41, 5.74) is 2.25. The number of hydrogen-bond donors (Lipinski definition) is 1. The van der Waals surface area contributed by atoms with E-state index in [4.69, 9.17) is 21.1 Å². The van der Waals surface area contributed by atoms with Crippen molar-refractivity contribution in [3.8, 4) is 11.5 Å². The second kappa shape index (κ2) is 7.34. The average molecular weight is 306 g/mol. The number of rotatable bonds is 6. The van der Waals surface area contributed by atoms with Crippen molar-refractivity contribution in [2.75, 3.05) is 14.2 Å². The molecule has 0 fully saturated rings. The number of hydrogen-bond acceptors (Lipinski definition) is 3. The molecular weight excluding hydrogens is 286 g/mol. The van der Waals surface area contributed by atoms with Crippen LogP contribution in [0.15, 0.2) is 42.5 Å². The third-order valence-corrected chi connectivity index (χ3v) is 3.69. The Morgan fingerprint density at radius 2 is 1.76 bits per heavy atom. The summed E-state index contributed by atoms with van der Waals surface area (Å²) in [5, 5.41) is 4.19. The molecule has 0 radical (unpaired) electrons. The minimum absolute atomic E-state index is 0.222. The number of benzene rings is 2. The minimum Gasteiger partial charge on any atom is -0.497 e. The van der Waals surface area contributed by atoms with Crippen LogP contribution in [0.2, 0.25) is 5.02 Å². The Morgan fingerprint density at radius 3 is 2.38 bits per heavy atom. The van der Waals surface area contributed by atoms with Crippen LogP contribution in [0, 0.1) is 0 Å². The zero-order chi connectivity index (χ0) is 15.2. The maximum absolute atomic E-state index is 6.04. The van der Waals surface area contributed by atoms with Gasteiger partial charge in [0.1, 0.15) is 11.5 Å². The summed E-state index contributed by atoms with van der Waals surface area (Å²) in [6.45, 7) is 2.82. The molecule has 1 atom stereocenters. The first-order valence-corrected chi connectivity index (χ1v) is 7.21. The van der Waals surface area contributed by atoms with Crippen LogP contribution in [0.5, 0.6) is 11.5 Å². The van der Waals surface area contributed by atoms with Crippen LogP contribution in [-0.4, -0.2) is 14.2 Å². The Morgan fingerprint density at radius 1 is 1.05 bits per heavy atom. The molecule has 2 rings (SSSR count). The van der Waals surface area contributed by atoms with Crippen molar-refractivity contribution in [2.24, 2.45) is 0 Å². The fourth-order valence-corrected chi connectivity index (χ4v) is 2.35. The lowest BCUT2D eigenvalue weighted by Crippen LogP contribution is -2.18. The van der Waals surface area contributed by atoms with E-state index < -0.39 is 0 Å². The Balaban J connectivity index is 2.03. The Bertz CT molecular complexity index is 584. The number of ether oxygens (including phenoxy) is 2. The van der Waals surface area contributed by atoms with Gasteiger partial charge in [0.25, 0.3) is 0 Å². The molecule has 21 heavy (non-hydrogen) atoms. The molecule has 0 spiro atoms. The monoisotopic (exact) mass is 305 g/mol. The normalized spacial score (nSPS) is 12.0. The van der Waals surface area contributed by atoms with Gasteiger partial charge in [0.2, 0.25) is 0 Å². The quantitative estimate of drug-likeness (QED) is 0.867. The Kier molecular flexibility index (Phi) is 5.48. The topological polar surface area (TPSA) is 30.5 Å². The maximum Gasteiger partial charge on any atom is 0.123 e. The van der Waals surface area contributed by atoms with Gasteiger partial charge in [0, 0.05) is 23.2 Å². The van der Waals surface area contributed by atoms with Crippen LogP contribution in [0.1, 0.15) is 24.1 Å². The van der Waals surface area contributed by atoms with Gasteiger partial charge in [-0.1, -0.05) is 23.7 Å². The predicted molar refractivity (Wildman–Crippen MR) is 86.3 cm³/mol. The zero-order valence-electron chi connectivity index (χ0n) is 12.5. The molecule has 0 saturated heterocycles. The van der Waals surface area contributed by atoms with Crippen LogP contribution >= 0.6 is 11.6 Å². The maximum atomic E-state index is 6.04. The van der Waals surface area contributed by atoms with Gasteiger partial charge < -0.3 is 14.8 Å². The number of nitrogens with one attached hydrogen (secondary N) is 1. The molecule has 4 heteroatoms. The average Bonchev–Trinajstić information content (AvgIpc) is 2.52. The minimum atomic E-state index is 0.222. The van der Waals surface area contributed by atoms with Gasteiger partial charge in [0.15, 0.2) is 0 Å². The van der Waals surface area contributed by atoms with Crippen LogP contribution in [0.4, 0.5) is 0 Å². The van der Waals surface area contributed by atoms with E-state index in [1.807, 2.05) is 30.3 Å². The van der Waals surface area contributed by atoms with Crippen molar-refractivity contribution in [2.45, 2.75) is 19.5 Å². The summed E-state index contributed by atoms with van der Waals surface area (Å²) in [5.74, 6) is 1.70. The second-order valence-corrected chi connectivity index (χ2v) is 5.27. The first-order chi connectivity index (χ1) is 10.1. The lowest BCUT2D eigenvalue weighted by molar-refractivity contribution is 0.406. The number of halogens is 1. The summed E-state index contributed by atoms with van der Waals surface area (Å²) < 4.78 is 10.5. The lowest BCUT2D eigenvalue weighted by Gasteiger charge is -2.16. The Labute approximate surface area is 130 Å². The van der Waals surface area contributed by atoms with E-state index in [1.165, 1.54) is 5.56 Å². The van der Waals surface area contributed by atoms with E-state index in [0.717, 1.165) is 17.1 Å². The first-order valence-electron chi connectivity index (χ1n) is 6.83. The second-order valence-electron chi connectivity index (χ2n) is 4.83. The van der Waals surface area contributed by atoms with Crippen LogP contribution in [-0.2, 0) is 6.54 Å². The van der Waals surface area contributed by atoms with E-state index in [1.54, 1.807) is 14.2 Å². The molecule has 0 aromatic heterocycles. The van der Waals surface area contributed by atoms with Gasteiger partial charge in [0.05, 0.1) is 14.2 Å². The van der Waals surface area contributed by atoms with E-state index in [2.05, 4.69) is 24.4 Å². The highest BCUT2D eigenvalue weighted by molar-refractivity contribution is 6.30. The van der Waals surface area contributed by atoms with Crippen molar-refractivity contribution in [3.05, 3.63) is 58.6 Å². The van der Waals surface area contributed by atoms with Crippen molar-refractivity contribution in [3.63, 3.8) is 0 Å². The molecule has 112 valence electrons. The molecule has 0 amide bonds. The molecule has 2 aromatic rings. The summed E-state index contributed by atoms with van der Waals surface area (Å²) in [6.07, 6.45) is 0.